The number of aldehydes is 1. The van der Waals surface area contributed by atoms with Crippen LogP contribution in [0.5, 0.6) is 0 Å². The molecule has 0 saturated carbocycles. The second-order valence-electron chi connectivity index (χ2n) is 10.9. The lowest BCUT2D eigenvalue weighted by Crippen LogP contribution is -2.51. The fraction of sp³-hybridized carbons (Fsp3) is 0.562. The molecular formula is C32H46FN3O3S. The predicted octanol–water partition coefficient (Wildman–Crippen LogP) is 5.54. The van der Waals surface area contributed by atoms with Gasteiger partial charge in [-0.05, 0) is 101 Å². The standard InChI is InChI=1S/C27H35FN2O3.C5H11NS/c1-19(2)30(23-8-6-13-29-17-23)27(32)22-10-11-24(21(16-22)7-4-5-14-33-3)25-15-20(18-31)9-12-26(25)28;1-6-2-4-7-5-3-6/h9-12,15-16,18-19,23,29H,4-8,13-14,17H2,1-3H3;2-5H2,1H3. The van der Waals surface area contributed by atoms with Crippen LogP contribution in [-0.4, -0.2) is 92.5 Å². The Balaban J connectivity index is 0.000000547. The third-order valence-electron chi connectivity index (χ3n) is 7.50. The molecular weight excluding hydrogens is 525 g/mol. The number of nitrogens with one attached hydrogen (secondary N) is 1. The van der Waals surface area contributed by atoms with Crippen LogP contribution in [0.2, 0.25) is 0 Å². The normalized spacial score (nSPS) is 17.7. The fourth-order valence-corrected chi connectivity index (χ4v) is 6.36. The van der Waals surface area contributed by atoms with Gasteiger partial charge in [0, 0.05) is 73.6 Å². The topological polar surface area (TPSA) is 61.9 Å². The quantitative estimate of drug-likeness (QED) is 0.298. The van der Waals surface area contributed by atoms with Crippen LogP contribution in [-0.2, 0) is 11.2 Å². The van der Waals surface area contributed by atoms with Gasteiger partial charge in [0.05, 0.1) is 0 Å². The number of ether oxygens (including phenoxy) is 1. The smallest absolute Gasteiger partial charge is 0.254 e. The highest BCUT2D eigenvalue weighted by molar-refractivity contribution is 7.99. The molecule has 220 valence electrons. The first-order valence-electron chi connectivity index (χ1n) is 14.5. The van der Waals surface area contributed by atoms with Crippen molar-refractivity contribution >= 4 is 24.0 Å². The molecule has 40 heavy (non-hydrogen) atoms. The van der Waals surface area contributed by atoms with Gasteiger partial charge in [-0.25, -0.2) is 4.39 Å². The van der Waals surface area contributed by atoms with Crippen molar-refractivity contribution in [2.75, 3.05) is 58.4 Å². The van der Waals surface area contributed by atoms with E-state index < -0.39 is 0 Å². The van der Waals surface area contributed by atoms with E-state index in [0.717, 1.165) is 56.2 Å². The minimum absolute atomic E-state index is 0.00510. The van der Waals surface area contributed by atoms with Gasteiger partial charge in [-0.2, -0.15) is 11.8 Å². The van der Waals surface area contributed by atoms with Crippen LogP contribution in [0.25, 0.3) is 11.1 Å². The van der Waals surface area contributed by atoms with Crippen LogP contribution in [0.3, 0.4) is 0 Å². The molecule has 1 atom stereocenters. The van der Waals surface area contributed by atoms with Crippen molar-refractivity contribution < 1.29 is 18.7 Å². The Labute approximate surface area is 244 Å². The van der Waals surface area contributed by atoms with E-state index in [-0.39, 0.29) is 23.8 Å². The number of thioether (sulfide) groups is 1. The molecule has 0 spiro atoms. The number of unbranched alkanes of at least 4 members (excludes halogenated alkanes) is 1. The van der Waals surface area contributed by atoms with Crippen molar-refractivity contribution in [2.24, 2.45) is 0 Å². The first-order valence-corrected chi connectivity index (χ1v) is 15.7. The molecule has 2 aliphatic heterocycles. The summed E-state index contributed by atoms with van der Waals surface area (Å²) in [5.74, 6) is 2.29. The SMILES string of the molecule is CN1CCSCC1.COCCCCc1cc(C(=O)N(C(C)C)C2CCCNC2)ccc1-c1cc(C=O)ccc1F. The molecule has 1 amide bonds. The Morgan fingerprint density at radius 1 is 1.18 bits per heavy atom. The highest BCUT2D eigenvalue weighted by Crippen LogP contribution is 2.30. The van der Waals surface area contributed by atoms with Crippen molar-refractivity contribution in [3.63, 3.8) is 0 Å². The minimum atomic E-state index is -0.380. The van der Waals surface area contributed by atoms with Gasteiger partial charge in [0.15, 0.2) is 0 Å². The van der Waals surface area contributed by atoms with Gasteiger partial charge in [-0.15, -0.1) is 0 Å². The number of rotatable bonds is 10. The van der Waals surface area contributed by atoms with Crippen LogP contribution < -0.4 is 5.32 Å². The van der Waals surface area contributed by atoms with Crippen molar-refractivity contribution in [1.29, 1.82) is 0 Å². The molecule has 2 saturated heterocycles. The zero-order chi connectivity index (χ0) is 28.9. The molecule has 0 bridgehead atoms. The van der Waals surface area contributed by atoms with Gasteiger partial charge >= 0.3 is 0 Å². The van der Waals surface area contributed by atoms with E-state index in [1.807, 2.05) is 30.9 Å². The molecule has 6 nitrogen and oxygen atoms in total. The summed E-state index contributed by atoms with van der Waals surface area (Å²) in [6, 6.07) is 10.1. The maximum Gasteiger partial charge on any atom is 0.254 e. The van der Waals surface area contributed by atoms with E-state index in [4.69, 9.17) is 4.74 Å². The van der Waals surface area contributed by atoms with E-state index in [1.54, 1.807) is 19.2 Å². The van der Waals surface area contributed by atoms with Gasteiger partial charge in [-0.1, -0.05) is 6.07 Å². The van der Waals surface area contributed by atoms with E-state index in [0.29, 0.717) is 29.7 Å². The summed E-state index contributed by atoms with van der Waals surface area (Å²) >= 11 is 2.06. The number of benzene rings is 2. The molecule has 1 N–H and O–H groups in total. The van der Waals surface area contributed by atoms with Gasteiger partial charge in [0.1, 0.15) is 12.1 Å². The Morgan fingerprint density at radius 2 is 1.95 bits per heavy atom. The Morgan fingerprint density at radius 3 is 2.55 bits per heavy atom. The second-order valence-corrected chi connectivity index (χ2v) is 12.1. The van der Waals surface area contributed by atoms with Crippen molar-refractivity contribution in [3.8, 4) is 11.1 Å². The monoisotopic (exact) mass is 571 g/mol. The largest absolute Gasteiger partial charge is 0.385 e. The van der Waals surface area contributed by atoms with E-state index in [2.05, 4.69) is 29.0 Å². The molecule has 8 heteroatoms. The summed E-state index contributed by atoms with van der Waals surface area (Å²) in [5.41, 5.74) is 3.06. The van der Waals surface area contributed by atoms with Gasteiger partial charge < -0.3 is 19.9 Å². The van der Waals surface area contributed by atoms with Crippen LogP contribution >= 0.6 is 11.8 Å². The third kappa shape index (κ3) is 9.40. The van der Waals surface area contributed by atoms with Gasteiger partial charge in [-0.3, -0.25) is 9.59 Å². The zero-order valence-corrected chi connectivity index (χ0v) is 25.4. The van der Waals surface area contributed by atoms with Crippen LogP contribution in [0, 0.1) is 5.82 Å². The van der Waals surface area contributed by atoms with Crippen LogP contribution in [0.1, 0.15) is 65.8 Å². The number of nitrogens with zero attached hydrogens (tertiary/aromatic N) is 2. The predicted molar refractivity (Wildman–Crippen MR) is 164 cm³/mol. The molecule has 2 aromatic carbocycles. The number of hydrogen-bond acceptors (Lipinski definition) is 6. The maximum absolute atomic E-state index is 14.7. The van der Waals surface area contributed by atoms with E-state index in [9.17, 15) is 14.0 Å². The summed E-state index contributed by atoms with van der Waals surface area (Å²) in [4.78, 5) is 29.2. The van der Waals surface area contributed by atoms with Crippen molar-refractivity contribution in [1.82, 2.24) is 15.1 Å². The molecule has 0 aliphatic carbocycles. The number of carbonyl (C=O) groups excluding carboxylic acids is 2. The van der Waals surface area contributed by atoms with Crippen molar-refractivity contribution in [2.45, 2.75) is 58.0 Å². The number of amides is 1. The summed E-state index contributed by atoms with van der Waals surface area (Å²) in [6.45, 7) is 9.10. The van der Waals surface area contributed by atoms with Crippen LogP contribution in [0.4, 0.5) is 4.39 Å². The first kappa shape index (κ1) is 32.3. The Bertz CT molecular complexity index is 1090. The number of carbonyl (C=O) groups is 2. The maximum atomic E-state index is 14.7. The highest BCUT2D eigenvalue weighted by Gasteiger charge is 2.29. The molecule has 0 radical (unpaired) electrons. The first-order chi connectivity index (χ1) is 19.3. The van der Waals surface area contributed by atoms with Crippen LogP contribution in [0.15, 0.2) is 36.4 Å². The van der Waals surface area contributed by atoms with E-state index in [1.165, 1.54) is 36.7 Å². The zero-order valence-electron chi connectivity index (χ0n) is 24.6. The summed E-state index contributed by atoms with van der Waals surface area (Å²) in [7, 11) is 3.85. The van der Waals surface area contributed by atoms with E-state index >= 15 is 0 Å². The van der Waals surface area contributed by atoms with Gasteiger partial charge in [0.25, 0.3) is 5.91 Å². The Kier molecular flexibility index (Phi) is 13.6. The minimum Gasteiger partial charge on any atom is -0.385 e. The number of piperidine rings is 1. The van der Waals surface area contributed by atoms with Gasteiger partial charge in [0.2, 0.25) is 0 Å². The molecule has 2 aromatic rings. The summed E-state index contributed by atoms with van der Waals surface area (Å²) in [5, 5.41) is 3.40. The summed E-state index contributed by atoms with van der Waals surface area (Å²) < 4.78 is 19.9. The number of hydrogen-bond donors (Lipinski definition) is 1. The lowest BCUT2D eigenvalue weighted by molar-refractivity contribution is 0.0573. The molecule has 0 aromatic heterocycles. The summed E-state index contributed by atoms with van der Waals surface area (Å²) in [6.07, 6.45) is 5.18. The highest BCUT2D eigenvalue weighted by atomic mass is 32.2. The lowest BCUT2D eigenvalue weighted by Gasteiger charge is -2.37. The fourth-order valence-electron chi connectivity index (χ4n) is 5.28. The second kappa shape index (κ2) is 16.9. The molecule has 4 rings (SSSR count). The molecule has 2 heterocycles. The molecule has 1 unspecified atom stereocenters. The molecule has 2 fully saturated rings. The average molecular weight is 572 g/mol. The Hall–Kier alpha value is -2.26. The third-order valence-corrected chi connectivity index (χ3v) is 8.45. The molecule has 2 aliphatic rings. The van der Waals surface area contributed by atoms with Crippen molar-refractivity contribution in [3.05, 3.63) is 58.9 Å². The lowest BCUT2D eigenvalue weighted by atomic mass is 9.92. The average Bonchev–Trinajstić information content (AvgIpc) is 2.97. The number of methoxy groups -OCH3 is 1. The number of aryl methyl sites for hydroxylation is 1. The number of halogens is 1.